The lowest BCUT2D eigenvalue weighted by atomic mass is 10.2. The van der Waals surface area contributed by atoms with Gasteiger partial charge in [-0.1, -0.05) is 19.1 Å². The minimum Gasteiger partial charge on any atom is -0.347 e. The molecule has 1 amide bonds. The number of para-hydroxylation sites is 1. The van der Waals surface area contributed by atoms with Crippen molar-refractivity contribution in [3.8, 4) is 0 Å². The van der Waals surface area contributed by atoms with E-state index in [1.807, 2.05) is 13.0 Å². The molecule has 21 heavy (non-hydrogen) atoms. The molecule has 0 saturated carbocycles. The summed E-state index contributed by atoms with van der Waals surface area (Å²) in [5.41, 5.74) is 0.448. The summed E-state index contributed by atoms with van der Waals surface area (Å²) in [6.07, 6.45) is 0.858. The van der Waals surface area contributed by atoms with Crippen LogP contribution in [0.25, 0.3) is 10.9 Å². The smallest absolute Gasteiger partial charge is 0.260 e. The van der Waals surface area contributed by atoms with E-state index in [0.29, 0.717) is 23.4 Å². The number of fused-ring (bicyclic) bond motifs is 1. The molecule has 0 saturated heterocycles. The van der Waals surface area contributed by atoms with Crippen LogP contribution in [0.1, 0.15) is 13.3 Å². The van der Waals surface area contributed by atoms with Crippen LogP contribution < -0.4 is 10.5 Å². The molecular formula is C15H20N4O2. The molecule has 0 unspecified atom stereocenters. The molecule has 1 aromatic carbocycles. The number of hydrogen-bond donors (Lipinski definition) is 1. The molecule has 6 heteroatoms. The van der Waals surface area contributed by atoms with Gasteiger partial charge in [-0.2, -0.15) is 0 Å². The third-order valence-electron chi connectivity index (χ3n) is 3.22. The molecule has 2 aromatic rings. The van der Waals surface area contributed by atoms with Crippen molar-refractivity contribution in [3.05, 3.63) is 34.6 Å². The summed E-state index contributed by atoms with van der Waals surface area (Å²) in [6.45, 7) is 2.87. The van der Waals surface area contributed by atoms with Gasteiger partial charge in [-0.15, -0.1) is 0 Å². The van der Waals surface area contributed by atoms with Gasteiger partial charge in [0.2, 0.25) is 11.9 Å². The number of amides is 1. The molecule has 1 heterocycles. The third kappa shape index (κ3) is 3.39. The van der Waals surface area contributed by atoms with E-state index in [0.717, 1.165) is 6.42 Å². The minimum absolute atomic E-state index is 0.0285. The Labute approximate surface area is 123 Å². The van der Waals surface area contributed by atoms with Crippen LogP contribution in [0.2, 0.25) is 0 Å². The number of hydrogen-bond acceptors (Lipinski definition) is 4. The van der Waals surface area contributed by atoms with Gasteiger partial charge in [-0.25, -0.2) is 4.98 Å². The van der Waals surface area contributed by atoms with Crippen molar-refractivity contribution in [2.45, 2.75) is 13.3 Å². The number of benzene rings is 1. The zero-order chi connectivity index (χ0) is 15.4. The standard InChI is InChI=1S/C15H20N4O2/c1-4-9-19(10-13(20)18(2)3)15-16-12-8-6-5-7-11(12)14(21)17-15/h5-8H,4,9-10H2,1-3H3,(H,16,17,21). The molecule has 2 rings (SSSR count). The Balaban J connectivity index is 2.40. The summed E-state index contributed by atoms with van der Waals surface area (Å²) in [5.74, 6) is 0.412. The highest BCUT2D eigenvalue weighted by Crippen LogP contribution is 2.12. The highest BCUT2D eigenvalue weighted by atomic mass is 16.2. The van der Waals surface area contributed by atoms with Crippen LogP contribution in [-0.2, 0) is 4.79 Å². The van der Waals surface area contributed by atoms with Crippen LogP contribution in [0.15, 0.2) is 29.1 Å². The van der Waals surface area contributed by atoms with E-state index < -0.39 is 0 Å². The van der Waals surface area contributed by atoms with Crippen LogP contribution in [0.3, 0.4) is 0 Å². The summed E-state index contributed by atoms with van der Waals surface area (Å²) >= 11 is 0. The van der Waals surface area contributed by atoms with Gasteiger partial charge in [0.15, 0.2) is 0 Å². The zero-order valence-electron chi connectivity index (χ0n) is 12.6. The first-order valence-corrected chi connectivity index (χ1v) is 6.97. The third-order valence-corrected chi connectivity index (χ3v) is 3.22. The lowest BCUT2D eigenvalue weighted by Crippen LogP contribution is -2.38. The second-order valence-electron chi connectivity index (χ2n) is 5.12. The van der Waals surface area contributed by atoms with Crippen molar-refractivity contribution < 1.29 is 4.79 Å². The molecule has 112 valence electrons. The quantitative estimate of drug-likeness (QED) is 0.898. The molecule has 6 nitrogen and oxygen atoms in total. The maximum absolute atomic E-state index is 12.1. The largest absolute Gasteiger partial charge is 0.347 e. The molecule has 0 aliphatic carbocycles. The van der Waals surface area contributed by atoms with Crippen molar-refractivity contribution in [3.63, 3.8) is 0 Å². The Hall–Kier alpha value is -2.37. The lowest BCUT2D eigenvalue weighted by molar-refractivity contribution is -0.127. The first kappa shape index (κ1) is 15.0. The average Bonchev–Trinajstić information content (AvgIpc) is 2.46. The molecule has 0 fully saturated rings. The van der Waals surface area contributed by atoms with Crippen molar-refractivity contribution in [1.82, 2.24) is 14.9 Å². The fourth-order valence-electron chi connectivity index (χ4n) is 2.06. The topological polar surface area (TPSA) is 69.3 Å². The van der Waals surface area contributed by atoms with E-state index in [-0.39, 0.29) is 18.0 Å². The highest BCUT2D eigenvalue weighted by molar-refractivity contribution is 5.82. The Kier molecular flexibility index (Phi) is 4.57. The number of aromatic amines is 1. The van der Waals surface area contributed by atoms with Crippen LogP contribution in [0.5, 0.6) is 0 Å². The second-order valence-corrected chi connectivity index (χ2v) is 5.12. The van der Waals surface area contributed by atoms with Crippen molar-refractivity contribution in [2.75, 3.05) is 32.1 Å². The first-order valence-electron chi connectivity index (χ1n) is 6.97. The maximum Gasteiger partial charge on any atom is 0.260 e. The minimum atomic E-state index is -0.186. The number of rotatable bonds is 5. The Morgan fingerprint density at radius 2 is 2.00 bits per heavy atom. The van der Waals surface area contributed by atoms with Crippen molar-refractivity contribution in [1.29, 1.82) is 0 Å². The van der Waals surface area contributed by atoms with Gasteiger partial charge in [-0.05, 0) is 18.6 Å². The monoisotopic (exact) mass is 288 g/mol. The average molecular weight is 288 g/mol. The van der Waals surface area contributed by atoms with E-state index >= 15 is 0 Å². The summed E-state index contributed by atoms with van der Waals surface area (Å²) in [5, 5.41) is 0.552. The van der Waals surface area contributed by atoms with Gasteiger partial charge in [0.25, 0.3) is 5.56 Å². The van der Waals surface area contributed by atoms with Gasteiger partial charge in [-0.3, -0.25) is 14.6 Å². The number of nitrogens with zero attached hydrogens (tertiary/aromatic N) is 3. The van der Waals surface area contributed by atoms with Gasteiger partial charge in [0.05, 0.1) is 17.4 Å². The van der Waals surface area contributed by atoms with Crippen molar-refractivity contribution in [2.24, 2.45) is 0 Å². The normalized spacial score (nSPS) is 10.6. The SMILES string of the molecule is CCCN(CC(=O)N(C)C)c1nc2ccccc2c(=O)[nH]1. The van der Waals surface area contributed by atoms with E-state index in [9.17, 15) is 9.59 Å². The number of carbonyl (C=O) groups excluding carboxylic acids is 1. The number of nitrogens with one attached hydrogen (secondary N) is 1. The van der Waals surface area contributed by atoms with E-state index in [4.69, 9.17) is 0 Å². The van der Waals surface area contributed by atoms with Gasteiger partial charge in [0, 0.05) is 20.6 Å². The fourth-order valence-corrected chi connectivity index (χ4v) is 2.06. The lowest BCUT2D eigenvalue weighted by Gasteiger charge is -2.23. The number of likely N-dealkylation sites (N-methyl/N-ethyl adjacent to an activating group) is 1. The molecular weight excluding hydrogens is 268 g/mol. The van der Waals surface area contributed by atoms with Gasteiger partial charge in [0.1, 0.15) is 0 Å². The van der Waals surface area contributed by atoms with E-state index in [2.05, 4.69) is 9.97 Å². The zero-order valence-corrected chi connectivity index (χ0v) is 12.6. The summed E-state index contributed by atoms with van der Waals surface area (Å²) in [7, 11) is 3.42. The highest BCUT2D eigenvalue weighted by Gasteiger charge is 2.15. The molecule has 0 radical (unpaired) electrons. The number of aromatic nitrogens is 2. The summed E-state index contributed by atoms with van der Waals surface area (Å²) in [4.78, 5) is 34.6. The number of anilines is 1. The van der Waals surface area contributed by atoms with Crippen molar-refractivity contribution >= 4 is 22.8 Å². The second kappa shape index (κ2) is 6.39. The maximum atomic E-state index is 12.1. The first-order chi connectivity index (χ1) is 10.0. The molecule has 1 aromatic heterocycles. The predicted molar refractivity (Wildman–Crippen MR) is 83.6 cm³/mol. The Morgan fingerprint density at radius 3 is 2.67 bits per heavy atom. The molecule has 0 spiro atoms. The van der Waals surface area contributed by atoms with E-state index in [1.165, 1.54) is 4.90 Å². The predicted octanol–water partition coefficient (Wildman–Crippen LogP) is 1.23. The van der Waals surface area contributed by atoms with Crippen LogP contribution in [0, 0.1) is 0 Å². The summed E-state index contributed by atoms with van der Waals surface area (Å²) < 4.78 is 0. The van der Waals surface area contributed by atoms with Crippen LogP contribution in [0.4, 0.5) is 5.95 Å². The summed E-state index contributed by atoms with van der Waals surface area (Å²) in [6, 6.07) is 7.18. The van der Waals surface area contributed by atoms with Gasteiger partial charge < -0.3 is 9.80 Å². The molecule has 1 N–H and O–H groups in total. The molecule has 0 atom stereocenters. The fraction of sp³-hybridized carbons (Fsp3) is 0.400. The number of H-pyrrole nitrogens is 1. The molecule has 0 bridgehead atoms. The van der Waals surface area contributed by atoms with Gasteiger partial charge >= 0.3 is 0 Å². The molecule has 0 aliphatic heterocycles. The Bertz CT molecular complexity index is 693. The molecule has 0 aliphatic rings. The van der Waals surface area contributed by atoms with E-state index in [1.54, 1.807) is 37.2 Å². The number of carbonyl (C=O) groups is 1. The Morgan fingerprint density at radius 1 is 1.29 bits per heavy atom. The van der Waals surface area contributed by atoms with Crippen LogP contribution in [-0.4, -0.2) is 48.0 Å². The van der Waals surface area contributed by atoms with Crippen LogP contribution >= 0.6 is 0 Å².